The van der Waals surface area contributed by atoms with E-state index in [1.807, 2.05) is 12.1 Å². The van der Waals surface area contributed by atoms with E-state index in [1.54, 1.807) is 6.07 Å². The number of hydrogen-bond acceptors (Lipinski definition) is 2. The fraction of sp³-hybridized carbons (Fsp3) is 0.412. The molecule has 1 aliphatic carbocycles. The van der Waals surface area contributed by atoms with Crippen molar-refractivity contribution in [3.63, 3.8) is 0 Å². The zero-order chi connectivity index (χ0) is 14.1. The topological polar surface area (TPSA) is 45.8 Å². The van der Waals surface area contributed by atoms with Gasteiger partial charge in [0, 0.05) is 17.5 Å². The van der Waals surface area contributed by atoms with Gasteiger partial charge in [0.15, 0.2) is 0 Å². The molecule has 0 spiro atoms. The predicted octanol–water partition coefficient (Wildman–Crippen LogP) is 3.71. The summed E-state index contributed by atoms with van der Waals surface area (Å²) < 4.78 is 0. The maximum atomic E-state index is 11.9. The molecule has 0 unspecified atom stereocenters. The van der Waals surface area contributed by atoms with Crippen molar-refractivity contribution in [3.05, 3.63) is 51.4 Å². The number of benzene rings is 1. The van der Waals surface area contributed by atoms with E-state index in [2.05, 4.69) is 24.9 Å². The summed E-state index contributed by atoms with van der Waals surface area (Å²) in [5, 5.41) is 0. The SMILES string of the molecule is Cc1cccc(-c2nc(C3CCCC3)cc(=O)[nH]2)c1C. The van der Waals surface area contributed by atoms with E-state index in [9.17, 15) is 4.79 Å². The monoisotopic (exact) mass is 268 g/mol. The van der Waals surface area contributed by atoms with E-state index in [-0.39, 0.29) is 5.56 Å². The minimum Gasteiger partial charge on any atom is -0.307 e. The van der Waals surface area contributed by atoms with Crippen LogP contribution < -0.4 is 5.56 Å². The molecular weight excluding hydrogens is 248 g/mol. The minimum absolute atomic E-state index is 0.0437. The van der Waals surface area contributed by atoms with Crippen molar-refractivity contribution in [2.24, 2.45) is 0 Å². The Kier molecular flexibility index (Phi) is 3.43. The Morgan fingerprint density at radius 1 is 1.20 bits per heavy atom. The molecule has 0 aliphatic heterocycles. The molecule has 104 valence electrons. The van der Waals surface area contributed by atoms with Gasteiger partial charge in [-0.05, 0) is 37.8 Å². The van der Waals surface area contributed by atoms with Crippen LogP contribution in [0.4, 0.5) is 0 Å². The van der Waals surface area contributed by atoms with Crippen molar-refractivity contribution in [2.75, 3.05) is 0 Å². The molecule has 2 aromatic rings. The van der Waals surface area contributed by atoms with Gasteiger partial charge in [-0.2, -0.15) is 0 Å². The highest BCUT2D eigenvalue weighted by Gasteiger charge is 2.20. The first kappa shape index (κ1) is 13.1. The quantitative estimate of drug-likeness (QED) is 0.902. The van der Waals surface area contributed by atoms with E-state index in [4.69, 9.17) is 4.98 Å². The summed E-state index contributed by atoms with van der Waals surface area (Å²) in [6, 6.07) is 7.79. The van der Waals surface area contributed by atoms with Crippen LogP contribution in [-0.2, 0) is 0 Å². The van der Waals surface area contributed by atoms with Gasteiger partial charge < -0.3 is 4.98 Å². The van der Waals surface area contributed by atoms with Crippen LogP contribution in [-0.4, -0.2) is 9.97 Å². The number of H-pyrrole nitrogens is 1. The highest BCUT2D eigenvalue weighted by Crippen LogP contribution is 2.33. The number of rotatable bonds is 2. The lowest BCUT2D eigenvalue weighted by Gasteiger charge is -2.12. The average Bonchev–Trinajstić information content (AvgIpc) is 2.95. The lowest BCUT2D eigenvalue weighted by molar-refractivity contribution is 0.693. The second-order valence-corrected chi connectivity index (χ2v) is 5.75. The largest absolute Gasteiger partial charge is 0.307 e. The van der Waals surface area contributed by atoms with Gasteiger partial charge in [-0.25, -0.2) is 4.98 Å². The van der Waals surface area contributed by atoms with Crippen LogP contribution in [0, 0.1) is 13.8 Å². The van der Waals surface area contributed by atoms with Crippen molar-refractivity contribution >= 4 is 0 Å². The number of nitrogens with one attached hydrogen (secondary N) is 1. The van der Waals surface area contributed by atoms with Crippen LogP contribution in [0.15, 0.2) is 29.1 Å². The van der Waals surface area contributed by atoms with Crippen molar-refractivity contribution < 1.29 is 0 Å². The Labute approximate surface area is 119 Å². The number of aromatic nitrogens is 2. The van der Waals surface area contributed by atoms with E-state index in [0.717, 1.165) is 24.1 Å². The second-order valence-electron chi connectivity index (χ2n) is 5.75. The molecule has 1 N–H and O–H groups in total. The lowest BCUT2D eigenvalue weighted by atomic mass is 10.0. The number of nitrogens with zero attached hydrogens (tertiary/aromatic N) is 1. The predicted molar refractivity (Wildman–Crippen MR) is 81.0 cm³/mol. The Hall–Kier alpha value is -1.90. The van der Waals surface area contributed by atoms with E-state index in [1.165, 1.54) is 24.0 Å². The number of aromatic amines is 1. The maximum Gasteiger partial charge on any atom is 0.251 e. The van der Waals surface area contributed by atoms with Crippen LogP contribution in [0.2, 0.25) is 0 Å². The number of hydrogen-bond donors (Lipinski definition) is 1. The van der Waals surface area contributed by atoms with E-state index >= 15 is 0 Å². The minimum atomic E-state index is -0.0437. The Morgan fingerprint density at radius 2 is 1.95 bits per heavy atom. The van der Waals surface area contributed by atoms with E-state index < -0.39 is 0 Å². The summed E-state index contributed by atoms with van der Waals surface area (Å²) in [5.41, 5.74) is 4.34. The summed E-state index contributed by atoms with van der Waals surface area (Å²) >= 11 is 0. The van der Waals surface area contributed by atoms with E-state index in [0.29, 0.717) is 11.7 Å². The molecule has 0 radical (unpaired) electrons. The van der Waals surface area contributed by atoms with Gasteiger partial charge in [0.05, 0.1) is 5.69 Å². The van der Waals surface area contributed by atoms with Gasteiger partial charge in [0.1, 0.15) is 5.82 Å². The van der Waals surface area contributed by atoms with Gasteiger partial charge in [0.25, 0.3) is 5.56 Å². The summed E-state index contributed by atoms with van der Waals surface area (Å²) in [5.74, 6) is 1.17. The van der Waals surface area contributed by atoms with Crippen molar-refractivity contribution in [1.29, 1.82) is 0 Å². The van der Waals surface area contributed by atoms with Gasteiger partial charge >= 0.3 is 0 Å². The third-order valence-corrected chi connectivity index (χ3v) is 4.39. The van der Waals surface area contributed by atoms with Crippen LogP contribution in [0.3, 0.4) is 0 Å². The maximum absolute atomic E-state index is 11.9. The van der Waals surface area contributed by atoms with Gasteiger partial charge in [0.2, 0.25) is 0 Å². The summed E-state index contributed by atoms with van der Waals surface area (Å²) in [7, 11) is 0. The van der Waals surface area contributed by atoms with Crippen molar-refractivity contribution in [3.8, 4) is 11.4 Å². The van der Waals surface area contributed by atoms with Gasteiger partial charge in [-0.1, -0.05) is 31.0 Å². The summed E-state index contributed by atoms with van der Waals surface area (Å²) in [6.45, 7) is 4.16. The second kappa shape index (κ2) is 5.23. The van der Waals surface area contributed by atoms with Crippen LogP contribution in [0.5, 0.6) is 0 Å². The summed E-state index contributed by atoms with van der Waals surface area (Å²) in [6.07, 6.45) is 4.81. The molecule has 1 saturated carbocycles. The van der Waals surface area contributed by atoms with Gasteiger partial charge in [-0.15, -0.1) is 0 Å². The Balaban J connectivity index is 2.09. The molecule has 3 heteroatoms. The van der Waals surface area contributed by atoms with Gasteiger partial charge in [-0.3, -0.25) is 4.79 Å². The van der Waals surface area contributed by atoms with Crippen LogP contribution >= 0.6 is 0 Å². The molecule has 20 heavy (non-hydrogen) atoms. The standard InChI is InChI=1S/C17H20N2O/c1-11-6-5-9-14(12(11)2)17-18-15(10-16(20)19-17)13-7-3-4-8-13/h5-6,9-10,13H,3-4,7-8H2,1-2H3,(H,18,19,20). The molecule has 1 aromatic carbocycles. The molecule has 3 nitrogen and oxygen atoms in total. The first-order valence-electron chi connectivity index (χ1n) is 7.33. The Bertz CT molecular complexity index is 682. The highest BCUT2D eigenvalue weighted by molar-refractivity contribution is 5.61. The number of aryl methyl sites for hydroxylation is 1. The zero-order valence-electron chi connectivity index (χ0n) is 12.1. The molecule has 1 aliphatic rings. The van der Waals surface area contributed by atoms with Crippen LogP contribution in [0.25, 0.3) is 11.4 Å². The molecular formula is C17H20N2O. The first-order valence-corrected chi connectivity index (χ1v) is 7.33. The zero-order valence-corrected chi connectivity index (χ0v) is 12.1. The normalized spacial score (nSPS) is 15.7. The molecule has 0 atom stereocenters. The third kappa shape index (κ3) is 2.40. The molecule has 1 fully saturated rings. The van der Waals surface area contributed by atoms with Crippen LogP contribution in [0.1, 0.15) is 48.4 Å². The van der Waals surface area contributed by atoms with Crippen molar-refractivity contribution in [2.45, 2.75) is 45.4 Å². The molecule has 3 rings (SSSR count). The average molecular weight is 268 g/mol. The molecule has 1 aromatic heterocycles. The highest BCUT2D eigenvalue weighted by atomic mass is 16.1. The smallest absolute Gasteiger partial charge is 0.251 e. The first-order chi connectivity index (χ1) is 9.65. The third-order valence-electron chi connectivity index (χ3n) is 4.39. The molecule has 0 saturated heterocycles. The molecule has 1 heterocycles. The lowest BCUT2D eigenvalue weighted by Crippen LogP contribution is -2.12. The van der Waals surface area contributed by atoms with Crippen molar-refractivity contribution in [1.82, 2.24) is 9.97 Å². The summed E-state index contributed by atoms with van der Waals surface area (Å²) in [4.78, 5) is 19.6. The molecule has 0 bridgehead atoms. The molecule has 0 amide bonds. The Morgan fingerprint density at radius 3 is 2.70 bits per heavy atom. The fourth-order valence-electron chi connectivity index (χ4n) is 3.04. The fourth-order valence-corrected chi connectivity index (χ4v) is 3.04.